The van der Waals surface area contributed by atoms with Crippen molar-refractivity contribution in [2.24, 2.45) is 5.41 Å². The molecule has 2 unspecified atom stereocenters. The molecule has 1 saturated heterocycles. The van der Waals surface area contributed by atoms with Crippen LogP contribution in [0.1, 0.15) is 65.7 Å². The fraction of sp³-hybridized carbons (Fsp3) is 1.00. The Bertz CT molecular complexity index is 245. The maximum absolute atomic E-state index is 3.70. The maximum atomic E-state index is 3.70. The highest BCUT2D eigenvalue weighted by atomic mass is 15.2. The van der Waals surface area contributed by atoms with Gasteiger partial charge < -0.3 is 10.2 Å². The van der Waals surface area contributed by atoms with Crippen LogP contribution in [0.15, 0.2) is 0 Å². The largest absolute Gasteiger partial charge is 0.314 e. The molecule has 18 heavy (non-hydrogen) atoms. The van der Waals surface area contributed by atoms with Crippen molar-refractivity contribution in [3.05, 3.63) is 0 Å². The standard InChI is InChI=1S/C16H32N2/c1-4-10-17-15-7-11-18(14(2)12-15)13-16(3)8-5-6-9-16/h14-15,17H,4-13H2,1-3H3. The number of hydrogen-bond donors (Lipinski definition) is 1. The van der Waals surface area contributed by atoms with Gasteiger partial charge in [0.2, 0.25) is 0 Å². The third-order valence-corrected chi connectivity index (χ3v) is 5.09. The molecule has 0 bridgehead atoms. The van der Waals surface area contributed by atoms with Crippen LogP contribution in [0, 0.1) is 5.41 Å². The van der Waals surface area contributed by atoms with Crippen molar-refractivity contribution in [3.8, 4) is 0 Å². The van der Waals surface area contributed by atoms with E-state index in [4.69, 9.17) is 0 Å². The molecule has 1 saturated carbocycles. The summed E-state index contributed by atoms with van der Waals surface area (Å²) in [4.78, 5) is 2.76. The monoisotopic (exact) mass is 252 g/mol. The van der Waals surface area contributed by atoms with Gasteiger partial charge in [0.05, 0.1) is 0 Å². The van der Waals surface area contributed by atoms with Gasteiger partial charge in [-0.05, 0) is 57.5 Å². The SMILES string of the molecule is CCCNC1CCN(CC2(C)CCCC2)C(C)C1. The van der Waals surface area contributed by atoms with Gasteiger partial charge in [0.1, 0.15) is 0 Å². The average Bonchev–Trinajstić information content (AvgIpc) is 2.77. The zero-order valence-corrected chi connectivity index (χ0v) is 12.7. The van der Waals surface area contributed by atoms with E-state index in [2.05, 4.69) is 31.0 Å². The summed E-state index contributed by atoms with van der Waals surface area (Å²) in [6.07, 6.45) is 9.77. The lowest BCUT2D eigenvalue weighted by molar-refractivity contribution is 0.0849. The van der Waals surface area contributed by atoms with E-state index in [1.165, 1.54) is 64.6 Å². The molecular weight excluding hydrogens is 220 g/mol. The molecule has 0 spiro atoms. The lowest BCUT2D eigenvalue weighted by Gasteiger charge is -2.42. The molecule has 1 heterocycles. The van der Waals surface area contributed by atoms with Crippen molar-refractivity contribution >= 4 is 0 Å². The zero-order chi connectivity index (χ0) is 13.0. The topological polar surface area (TPSA) is 15.3 Å². The van der Waals surface area contributed by atoms with Crippen LogP contribution in [0.4, 0.5) is 0 Å². The van der Waals surface area contributed by atoms with Crippen LogP contribution in [-0.2, 0) is 0 Å². The van der Waals surface area contributed by atoms with Crippen molar-refractivity contribution in [1.82, 2.24) is 10.2 Å². The number of likely N-dealkylation sites (tertiary alicyclic amines) is 1. The second-order valence-corrected chi connectivity index (χ2v) is 7.01. The summed E-state index contributed by atoms with van der Waals surface area (Å²) in [7, 11) is 0. The smallest absolute Gasteiger partial charge is 0.00940 e. The number of nitrogens with one attached hydrogen (secondary N) is 1. The Labute approximate surface area is 114 Å². The van der Waals surface area contributed by atoms with Gasteiger partial charge in [-0.1, -0.05) is 26.7 Å². The van der Waals surface area contributed by atoms with Crippen LogP contribution in [-0.4, -0.2) is 36.6 Å². The van der Waals surface area contributed by atoms with Gasteiger partial charge in [-0.15, -0.1) is 0 Å². The third-order valence-electron chi connectivity index (χ3n) is 5.09. The average molecular weight is 252 g/mol. The number of rotatable bonds is 5. The first kappa shape index (κ1) is 14.3. The molecular formula is C16H32N2. The predicted octanol–water partition coefficient (Wildman–Crippen LogP) is 3.42. The summed E-state index contributed by atoms with van der Waals surface area (Å²) < 4.78 is 0. The highest BCUT2D eigenvalue weighted by Crippen LogP contribution is 2.39. The van der Waals surface area contributed by atoms with E-state index in [0.29, 0.717) is 5.41 Å². The van der Waals surface area contributed by atoms with Crippen LogP contribution >= 0.6 is 0 Å². The maximum Gasteiger partial charge on any atom is 0.00940 e. The molecule has 2 nitrogen and oxygen atoms in total. The molecule has 2 heteroatoms. The Morgan fingerprint density at radius 3 is 2.61 bits per heavy atom. The highest BCUT2D eigenvalue weighted by molar-refractivity contribution is 4.89. The lowest BCUT2D eigenvalue weighted by Crippen LogP contribution is -2.50. The van der Waals surface area contributed by atoms with E-state index in [9.17, 15) is 0 Å². The number of hydrogen-bond acceptors (Lipinski definition) is 2. The normalized spacial score (nSPS) is 32.8. The molecule has 0 aromatic heterocycles. The van der Waals surface area contributed by atoms with Gasteiger partial charge in [-0.25, -0.2) is 0 Å². The molecule has 106 valence electrons. The minimum atomic E-state index is 0.623. The Kier molecular flexibility index (Phi) is 5.08. The minimum Gasteiger partial charge on any atom is -0.314 e. The minimum absolute atomic E-state index is 0.623. The van der Waals surface area contributed by atoms with Crippen molar-refractivity contribution in [3.63, 3.8) is 0 Å². The van der Waals surface area contributed by atoms with Crippen LogP contribution in [0.25, 0.3) is 0 Å². The Hall–Kier alpha value is -0.0800. The fourth-order valence-electron chi connectivity index (χ4n) is 3.87. The van der Waals surface area contributed by atoms with E-state index in [1.807, 2.05) is 0 Å². The Balaban J connectivity index is 1.78. The molecule has 2 atom stereocenters. The molecule has 0 aromatic carbocycles. The molecule has 1 aliphatic carbocycles. The van der Waals surface area contributed by atoms with E-state index < -0.39 is 0 Å². The van der Waals surface area contributed by atoms with Gasteiger partial charge in [-0.3, -0.25) is 0 Å². The highest BCUT2D eigenvalue weighted by Gasteiger charge is 2.34. The lowest BCUT2D eigenvalue weighted by atomic mass is 9.86. The van der Waals surface area contributed by atoms with E-state index in [1.54, 1.807) is 0 Å². The van der Waals surface area contributed by atoms with Crippen LogP contribution in [0.5, 0.6) is 0 Å². The number of piperidine rings is 1. The molecule has 2 rings (SSSR count). The molecule has 1 aliphatic heterocycles. The van der Waals surface area contributed by atoms with Crippen LogP contribution in [0.2, 0.25) is 0 Å². The van der Waals surface area contributed by atoms with E-state index in [0.717, 1.165) is 12.1 Å². The molecule has 0 amide bonds. The molecule has 1 N–H and O–H groups in total. The van der Waals surface area contributed by atoms with Crippen LogP contribution < -0.4 is 5.32 Å². The Morgan fingerprint density at radius 2 is 2.00 bits per heavy atom. The first-order chi connectivity index (χ1) is 8.63. The summed E-state index contributed by atoms with van der Waals surface area (Å²) in [6, 6.07) is 1.54. The van der Waals surface area contributed by atoms with Gasteiger partial charge in [0, 0.05) is 18.6 Å². The molecule has 2 aliphatic rings. The summed E-state index contributed by atoms with van der Waals surface area (Å²) in [5.41, 5.74) is 0.623. The third kappa shape index (κ3) is 3.71. The van der Waals surface area contributed by atoms with E-state index in [-0.39, 0.29) is 0 Å². The molecule has 0 radical (unpaired) electrons. The molecule has 0 aromatic rings. The van der Waals surface area contributed by atoms with Gasteiger partial charge in [-0.2, -0.15) is 0 Å². The molecule has 2 fully saturated rings. The van der Waals surface area contributed by atoms with Gasteiger partial charge in [0.25, 0.3) is 0 Å². The van der Waals surface area contributed by atoms with E-state index >= 15 is 0 Å². The Morgan fingerprint density at radius 1 is 1.28 bits per heavy atom. The predicted molar refractivity (Wildman–Crippen MR) is 78.9 cm³/mol. The summed E-state index contributed by atoms with van der Waals surface area (Å²) in [6.45, 7) is 11.0. The van der Waals surface area contributed by atoms with Gasteiger partial charge in [0.15, 0.2) is 0 Å². The number of nitrogens with zero attached hydrogens (tertiary/aromatic N) is 1. The van der Waals surface area contributed by atoms with Crippen LogP contribution in [0.3, 0.4) is 0 Å². The van der Waals surface area contributed by atoms with Gasteiger partial charge >= 0.3 is 0 Å². The summed E-state index contributed by atoms with van der Waals surface area (Å²) >= 11 is 0. The first-order valence-corrected chi connectivity index (χ1v) is 8.10. The summed E-state index contributed by atoms with van der Waals surface area (Å²) in [5, 5.41) is 3.70. The van der Waals surface area contributed by atoms with Crippen molar-refractivity contribution in [1.29, 1.82) is 0 Å². The second kappa shape index (κ2) is 6.38. The fourth-order valence-corrected chi connectivity index (χ4v) is 3.87. The zero-order valence-electron chi connectivity index (χ0n) is 12.7. The van der Waals surface area contributed by atoms with Crippen molar-refractivity contribution < 1.29 is 0 Å². The second-order valence-electron chi connectivity index (χ2n) is 7.01. The van der Waals surface area contributed by atoms with Crippen molar-refractivity contribution in [2.45, 2.75) is 77.8 Å². The van der Waals surface area contributed by atoms with Crippen molar-refractivity contribution in [2.75, 3.05) is 19.6 Å². The quantitative estimate of drug-likeness (QED) is 0.806. The first-order valence-electron chi connectivity index (χ1n) is 8.10. The summed E-state index contributed by atoms with van der Waals surface area (Å²) in [5.74, 6) is 0.